The summed E-state index contributed by atoms with van der Waals surface area (Å²) in [5.41, 5.74) is 0. The summed E-state index contributed by atoms with van der Waals surface area (Å²) in [6, 6.07) is -0.0680. The van der Waals surface area contributed by atoms with Crippen molar-refractivity contribution in [3.8, 4) is 0 Å². The monoisotopic (exact) mass is 214 g/mol. The second-order valence-electron chi connectivity index (χ2n) is 3.98. The summed E-state index contributed by atoms with van der Waals surface area (Å²) in [6.45, 7) is 4.40. The molecule has 1 unspecified atom stereocenters. The molecule has 88 valence electrons. The Bertz CT molecular complexity index is 179. The number of unbranched alkanes of at least 4 members (excludes halogenated alkanes) is 2. The number of carbonyl (C=O) groups excluding carboxylic acids is 1. The van der Waals surface area contributed by atoms with Crippen molar-refractivity contribution in [1.29, 1.82) is 0 Å². The van der Waals surface area contributed by atoms with Crippen molar-refractivity contribution in [2.24, 2.45) is 0 Å². The largest absolute Gasteiger partial charge is 0.376 e. The zero-order valence-corrected chi connectivity index (χ0v) is 9.55. The highest BCUT2D eigenvalue weighted by Gasteiger charge is 2.15. The summed E-state index contributed by atoms with van der Waals surface area (Å²) in [4.78, 5) is 11.3. The maximum atomic E-state index is 11.3. The van der Waals surface area contributed by atoms with Gasteiger partial charge in [-0.05, 0) is 19.3 Å². The van der Waals surface area contributed by atoms with Crippen molar-refractivity contribution in [1.82, 2.24) is 10.6 Å². The highest BCUT2D eigenvalue weighted by molar-refractivity contribution is 5.73. The third-order valence-electron chi connectivity index (χ3n) is 2.58. The van der Waals surface area contributed by atoms with E-state index in [9.17, 15) is 4.79 Å². The van der Waals surface area contributed by atoms with Crippen molar-refractivity contribution in [2.75, 3.05) is 19.7 Å². The number of rotatable bonds is 6. The highest BCUT2D eigenvalue weighted by Crippen LogP contribution is 2.10. The van der Waals surface area contributed by atoms with Gasteiger partial charge < -0.3 is 15.4 Å². The van der Waals surface area contributed by atoms with Gasteiger partial charge in [-0.3, -0.25) is 0 Å². The van der Waals surface area contributed by atoms with E-state index >= 15 is 0 Å². The Balaban J connectivity index is 1.93. The van der Waals surface area contributed by atoms with Gasteiger partial charge in [0.25, 0.3) is 0 Å². The Hall–Kier alpha value is -0.770. The second kappa shape index (κ2) is 7.51. The number of hydrogen-bond donors (Lipinski definition) is 2. The maximum Gasteiger partial charge on any atom is 0.314 e. The predicted molar refractivity (Wildman–Crippen MR) is 59.9 cm³/mol. The molecule has 0 aromatic carbocycles. The normalized spacial score (nSPS) is 20.2. The predicted octanol–water partition coefficient (Wildman–Crippen LogP) is 1.65. The molecule has 0 aliphatic carbocycles. The first-order valence-electron chi connectivity index (χ1n) is 5.96. The number of nitrogens with one attached hydrogen (secondary N) is 2. The quantitative estimate of drug-likeness (QED) is 0.661. The molecule has 15 heavy (non-hydrogen) atoms. The topological polar surface area (TPSA) is 50.4 Å². The van der Waals surface area contributed by atoms with Gasteiger partial charge in [-0.1, -0.05) is 19.8 Å². The van der Waals surface area contributed by atoms with Gasteiger partial charge in [0.1, 0.15) is 0 Å². The number of ether oxygens (including phenoxy) is 1. The lowest BCUT2D eigenvalue weighted by Gasteiger charge is -2.11. The van der Waals surface area contributed by atoms with E-state index in [1.54, 1.807) is 0 Å². The Morgan fingerprint density at radius 3 is 2.93 bits per heavy atom. The lowest BCUT2D eigenvalue weighted by Crippen LogP contribution is -2.39. The fraction of sp³-hybridized carbons (Fsp3) is 0.909. The van der Waals surface area contributed by atoms with E-state index in [2.05, 4.69) is 17.6 Å². The first-order valence-corrected chi connectivity index (χ1v) is 5.96. The molecule has 1 saturated heterocycles. The molecular formula is C11H22N2O2. The van der Waals surface area contributed by atoms with Gasteiger partial charge in [0, 0.05) is 19.7 Å². The van der Waals surface area contributed by atoms with E-state index in [1.165, 1.54) is 12.8 Å². The zero-order chi connectivity index (χ0) is 10.9. The fourth-order valence-corrected chi connectivity index (χ4v) is 1.65. The molecule has 1 aliphatic heterocycles. The molecule has 2 amide bonds. The molecule has 1 fully saturated rings. The van der Waals surface area contributed by atoms with Crippen LogP contribution in [0.5, 0.6) is 0 Å². The third kappa shape index (κ3) is 5.62. The van der Waals surface area contributed by atoms with Crippen LogP contribution >= 0.6 is 0 Å². The summed E-state index contributed by atoms with van der Waals surface area (Å²) in [5.74, 6) is 0. The van der Waals surface area contributed by atoms with E-state index < -0.39 is 0 Å². The van der Waals surface area contributed by atoms with Gasteiger partial charge in [0.05, 0.1) is 6.10 Å². The van der Waals surface area contributed by atoms with E-state index in [-0.39, 0.29) is 12.1 Å². The van der Waals surface area contributed by atoms with Gasteiger partial charge in [0.2, 0.25) is 0 Å². The van der Waals surface area contributed by atoms with Gasteiger partial charge >= 0.3 is 6.03 Å². The van der Waals surface area contributed by atoms with E-state index in [1.807, 2.05) is 0 Å². The lowest BCUT2D eigenvalue weighted by molar-refractivity contribution is 0.111. The van der Waals surface area contributed by atoms with E-state index in [0.29, 0.717) is 6.54 Å². The lowest BCUT2D eigenvalue weighted by atomic mass is 10.2. The molecule has 0 radical (unpaired) electrons. The first-order chi connectivity index (χ1) is 7.33. The van der Waals surface area contributed by atoms with Crippen LogP contribution in [0.25, 0.3) is 0 Å². The van der Waals surface area contributed by atoms with Crippen LogP contribution in [-0.2, 0) is 4.74 Å². The van der Waals surface area contributed by atoms with Crippen molar-refractivity contribution in [2.45, 2.75) is 45.1 Å². The molecule has 0 aromatic heterocycles. The Kier molecular flexibility index (Phi) is 6.16. The fourth-order valence-electron chi connectivity index (χ4n) is 1.65. The van der Waals surface area contributed by atoms with Crippen LogP contribution in [-0.4, -0.2) is 31.8 Å². The van der Waals surface area contributed by atoms with Gasteiger partial charge in [0.15, 0.2) is 0 Å². The van der Waals surface area contributed by atoms with Crippen LogP contribution in [0.15, 0.2) is 0 Å². The van der Waals surface area contributed by atoms with Crippen LogP contribution in [0.1, 0.15) is 39.0 Å². The molecule has 0 aromatic rings. The van der Waals surface area contributed by atoms with E-state index in [0.717, 1.165) is 32.4 Å². The highest BCUT2D eigenvalue weighted by atomic mass is 16.5. The second-order valence-corrected chi connectivity index (χ2v) is 3.98. The minimum Gasteiger partial charge on any atom is -0.376 e. The van der Waals surface area contributed by atoms with Crippen LogP contribution in [0.3, 0.4) is 0 Å². The molecular weight excluding hydrogens is 192 g/mol. The number of urea groups is 1. The molecule has 2 N–H and O–H groups in total. The van der Waals surface area contributed by atoms with Crippen LogP contribution < -0.4 is 10.6 Å². The van der Waals surface area contributed by atoms with Crippen LogP contribution in [0.2, 0.25) is 0 Å². The molecule has 0 bridgehead atoms. The summed E-state index contributed by atoms with van der Waals surface area (Å²) in [7, 11) is 0. The Morgan fingerprint density at radius 2 is 2.27 bits per heavy atom. The summed E-state index contributed by atoms with van der Waals surface area (Å²) in [5, 5.41) is 5.66. The molecule has 1 heterocycles. The third-order valence-corrected chi connectivity index (χ3v) is 2.58. The average Bonchev–Trinajstić information content (AvgIpc) is 2.74. The van der Waals surface area contributed by atoms with Crippen LogP contribution in [0, 0.1) is 0 Å². The van der Waals surface area contributed by atoms with E-state index in [4.69, 9.17) is 4.74 Å². The van der Waals surface area contributed by atoms with Crippen molar-refractivity contribution >= 4 is 6.03 Å². The molecule has 1 atom stereocenters. The maximum absolute atomic E-state index is 11.3. The average molecular weight is 214 g/mol. The minimum absolute atomic E-state index is 0.0680. The standard InChI is InChI=1S/C11H22N2O2/c1-2-3-4-7-12-11(14)13-9-10-6-5-8-15-10/h10H,2-9H2,1H3,(H2,12,13,14). The summed E-state index contributed by atoms with van der Waals surface area (Å²) in [6.07, 6.45) is 5.82. The van der Waals surface area contributed by atoms with Gasteiger partial charge in [-0.25, -0.2) is 4.79 Å². The molecule has 4 heteroatoms. The summed E-state index contributed by atoms with van der Waals surface area (Å²) >= 11 is 0. The minimum atomic E-state index is -0.0680. The molecule has 4 nitrogen and oxygen atoms in total. The van der Waals surface area contributed by atoms with Gasteiger partial charge in [-0.15, -0.1) is 0 Å². The van der Waals surface area contributed by atoms with Crippen molar-refractivity contribution in [3.63, 3.8) is 0 Å². The van der Waals surface area contributed by atoms with Gasteiger partial charge in [-0.2, -0.15) is 0 Å². The van der Waals surface area contributed by atoms with Crippen LogP contribution in [0.4, 0.5) is 4.79 Å². The SMILES string of the molecule is CCCCCNC(=O)NCC1CCCO1. The Morgan fingerprint density at radius 1 is 1.40 bits per heavy atom. The molecule has 0 saturated carbocycles. The smallest absolute Gasteiger partial charge is 0.314 e. The summed E-state index contributed by atoms with van der Waals surface area (Å²) < 4.78 is 5.40. The Labute approximate surface area is 91.8 Å². The molecule has 0 spiro atoms. The van der Waals surface area contributed by atoms with Crippen molar-refractivity contribution in [3.05, 3.63) is 0 Å². The number of carbonyl (C=O) groups is 1. The zero-order valence-electron chi connectivity index (χ0n) is 9.55. The van der Waals surface area contributed by atoms with Crippen molar-refractivity contribution < 1.29 is 9.53 Å². The first kappa shape index (κ1) is 12.3. The molecule has 1 rings (SSSR count). The molecule has 1 aliphatic rings. The number of amides is 2. The number of hydrogen-bond acceptors (Lipinski definition) is 2.